The number of hydrogen-bond acceptors (Lipinski definition) is 3. The van der Waals surface area contributed by atoms with Crippen LogP contribution in [0.1, 0.15) is 35.1 Å². The Hall–Kier alpha value is -1.10. The number of aliphatic hydroxyl groups excluding tert-OH is 1. The van der Waals surface area contributed by atoms with Crippen molar-refractivity contribution in [2.45, 2.75) is 18.4 Å². The molecular formula is C21H24Cl2N2O. The Morgan fingerprint density at radius 2 is 1.58 bits per heavy atom. The lowest BCUT2D eigenvalue weighted by atomic mass is 9.93. The summed E-state index contributed by atoms with van der Waals surface area (Å²) in [5.41, 5.74) is 4.08. The van der Waals surface area contributed by atoms with Gasteiger partial charge in [-0.05, 0) is 47.4 Å². The van der Waals surface area contributed by atoms with E-state index in [0.717, 1.165) is 49.2 Å². The molecule has 2 aliphatic rings. The number of piperazine rings is 1. The first-order chi connectivity index (χ1) is 12.7. The molecule has 0 radical (unpaired) electrons. The summed E-state index contributed by atoms with van der Waals surface area (Å²) >= 11 is 12.4. The topological polar surface area (TPSA) is 26.7 Å². The number of aliphatic hydroxyl groups is 1. The van der Waals surface area contributed by atoms with Gasteiger partial charge in [0.2, 0.25) is 0 Å². The minimum atomic E-state index is 0.237. The third-order valence-electron chi connectivity index (χ3n) is 5.78. The maximum Gasteiger partial charge on any atom is 0.0558 e. The summed E-state index contributed by atoms with van der Waals surface area (Å²) in [6.07, 6.45) is 1.08. The molecular weight excluding hydrogens is 367 g/mol. The fraction of sp³-hybridized carbons (Fsp3) is 0.429. The summed E-state index contributed by atoms with van der Waals surface area (Å²) in [6.45, 7) is 5.10. The summed E-state index contributed by atoms with van der Waals surface area (Å²) in [7, 11) is 0. The van der Waals surface area contributed by atoms with E-state index < -0.39 is 0 Å². The standard InChI is InChI=1S/C21H24Cl2N2O/c22-16-3-1-15(2-4-16)19-14-21(20-13-17(23)5-6-18(19)20)25-9-7-24(8-10-25)11-12-26/h1-6,13,19,21,26H,7-12,14H2/t19-,21+/m0/s1. The zero-order valence-corrected chi connectivity index (χ0v) is 16.3. The van der Waals surface area contributed by atoms with E-state index in [9.17, 15) is 0 Å². The number of nitrogens with zero attached hydrogens (tertiary/aromatic N) is 2. The number of fused-ring (bicyclic) bond motifs is 1. The van der Waals surface area contributed by atoms with Gasteiger partial charge < -0.3 is 5.11 Å². The SMILES string of the molecule is OCCN1CCN([C@@H]2C[C@@H](c3ccc(Cl)cc3)c3ccc(Cl)cc32)CC1. The van der Waals surface area contributed by atoms with Crippen molar-refractivity contribution in [2.24, 2.45) is 0 Å². The molecule has 4 rings (SSSR count). The second-order valence-corrected chi connectivity index (χ2v) is 8.10. The van der Waals surface area contributed by atoms with Crippen LogP contribution in [0.5, 0.6) is 0 Å². The highest BCUT2D eigenvalue weighted by atomic mass is 35.5. The van der Waals surface area contributed by atoms with Gasteiger partial charge in [0.25, 0.3) is 0 Å². The molecule has 1 saturated heterocycles. The monoisotopic (exact) mass is 390 g/mol. The molecule has 2 aromatic rings. The molecule has 1 fully saturated rings. The van der Waals surface area contributed by atoms with Gasteiger partial charge in [-0.3, -0.25) is 9.80 Å². The highest BCUT2D eigenvalue weighted by molar-refractivity contribution is 6.30. The van der Waals surface area contributed by atoms with Crippen LogP contribution >= 0.6 is 23.2 Å². The van der Waals surface area contributed by atoms with Crippen LogP contribution in [0.15, 0.2) is 42.5 Å². The summed E-state index contributed by atoms with van der Waals surface area (Å²) in [6, 6.07) is 15.0. The predicted octanol–water partition coefficient (Wildman–Crippen LogP) is 4.18. The largest absolute Gasteiger partial charge is 0.395 e. The van der Waals surface area contributed by atoms with Crippen molar-refractivity contribution in [2.75, 3.05) is 39.3 Å². The fourth-order valence-corrected chi connectivity index (χ4v) is 4.73. The molecule has 1 aliphatic heterocycles. The Morgan fingerprint density at radius 3 is 2.27 bits per heavy atom. The molecule has 3 nitrogen and oxygen atoms in total. The molecule has 2 aromatic carbocycles. The van der Waals surface area contributed by atoms with Gasteiger partial charge in [-0.2, -0.15) is 0 Å². The van der Waals surface area contributed by atoms with E-state index in [2.05, 4.69) is 34.1 Å². The van der Waals surface area contributed by atoms with Crippen LogP contribution in [0, 0.1) is 0 Å². The number of benzene rings is 2. The van der Waals surface area contributed by atoms with Crippen LogP contribution < -0.4 is 0 Å². The fourth-order valence-electron chi connectivity index (χ4n) is 4.43. The summed E-state index contributed by atoms with van der Waals surface area (Å²) in [5, 5.41) is 10.7. The third-order valence-corrected chi connectivity index (χ3v) is 6.27. The molecule has 1 aliphatic carbocycles. The normalized spacial score (nSPS) is 24.0. The van der Waals surface area contributed by atoms with Crippen LogP contribution in [0.4, 0.5) is 0 Å². The first-order valence-electron chi connectivity index (χ1n) is 9.28. The molecule has 26 heavy (non-hydrogen) atoms. The highest BCUT2D eigenvalue weighted by Crippen LogP contribution is 2.47. The van der Waals surface area contributed by atoms with Crippen LogP contribution in [0.25, 0.3) is 0 Å². The number of rotatable bonds is 4. The Morgan fingerprint density at radius 1 is 0.885 bits per heavy atom. The first-order valence-corrected chi connectivity index (χ1v) is 10.0. The molecule has 1 heterocycles. The Bertz CT molecular complexity index is 757. The van der Waals surface area contributed by atoms with E-state index >= 15 is 0 Å². The van der Waals surface area contributed by atoms with E-state index in [0.29, 0.717) is 12.0 Å². The minimum absolute atomic E-state index is 0.237. The van der Waals surface area contributed by atoms with Crippen molar-refractivity contribution in [3.63, 3.8) is 0 Å². The lowest BCUT2D eigenvalue weighted by molar-refractivity contribution is 0.0827. The van der Waals surface area contributed by atoms with Crippen molar-refractivity contribution in [1.82, 2.24) is 9.80 Å². The van der Waals surface area contributed by atoms with E-state index in [1.807, 2.05) is 18.2 Å². The molecule has 138 valence electrons. The first kappa shape index (κ1) is 18.3. The van der Waals surface area contributed by atoms with Crippen LogP contribution in [-0.4, -0.2) is 54.2 Å². The van der Waals surface area contributed by atoms with Crippen molar-refractivity contribution >= 4 is 23.2 Å². The lowest BCUT2D eigenvalue weighted by Crippen LogP contribution is -2.48. The molecule has 0 saturated carbocycles. The maximum atomic E-state index is 9.16. The lowest BCUT2D eigenvalue weighted by Gasteiger charge is -2.38. The number of β-amino-alcohol motifs (C(OH)–C–C–N with tert-alkyl or cyclic N) is 1. The minimum Gasteiger partial charge on any atom is -0.395 e. The number of halogens is 2. The Balaban J connectivity index is 1.59. The number of hydrogen-bond donors (Lipinski definition) is 1. The van der Waals surface area contributed by atoms with Crippen molar-refractivity contribution < 1.29 is 5.11 Å². The molecule has 1 N–H and O–H groups in total. The van der Waals surface area contributed by atoms with Crippen molar-refractivity contribution in [1.29, 1.82) is 0 Å². The Labute approximate surface area is 165 Å². The van der Waals surface area contributed by atoms with E-state index in [4.69, 9.17) is 28.3 Å². The highest BCUT2D eigenvalue weighted by Gasteiger charge is 2.36. The quantitative estimate of drug-likeness (QED) is 0.847. The second-order valence-electron chi connectivity index (χ2n) is 7.23. The molecule has 0 unspecified atom stereocenters. The van der Waals surface area contributed by atoms with E-state index in [1.54, 1.807) is 0 Å². The maximum absolute atomic E-state index is 9.16. The Kier molecular flexibility index (Phi) is 5.53. The van der Waals surface area contributed by atoms with Crippen LogP contribution in [0.3, 0.4) is 0 Å². The van der Waals surface area contributed by atoms with E-state index in [-0.39, 0.29) is 6.61 Å². The smallest absolute Gasteiger partial charge is 0.0558 e. The predicted molar refractivity (Wildman–Crippen MR) is 107 cm³/mol. The summed E-state index contributed by atoms with van der Waals surface area (Å²) < 4.78 is 0. The van der Waals surface area contributed by atoms with Crippen molar-refractivity contribution in [3.8, 4) is 0 Å². The zero-order valence-electron chi connectivity index (χ0n) is 14.7. The van der Waals surface area contributed by atoms with Crippen molar-refractivity contribution in [3.05, 3.63) is 69.2 Å². The van der Waals surface area contributed by atoms with Gasteiger partial charge >= 0.3 is 0 Å². The van der Waals surface area contributed by atoms with Gasteiger partial charge in [-0.1, -0.05) is 41.4 Å². The second kappa shape index (κ2) is 7.87. The van der Waals surface area contributed by atoms with Gasteiger partial charge in [-0.15, -0.1) is 0 Å². The molecule has 0 spiro atoms. The molecule has 0 bridgehead atoms. The molecule has 2 atom stereocenters. The summed E-state index contributed by atoms with van der Waals surface area (Å²) in [4.78, 5) is 4.92. The van der Waals surface area contributed by atoms with Gasteiger partial charge in [-0.25, -0.2) is 0 Å². The zero-order chi connectivity index (χ0) is 18.1. The van der Waals surface area contributed by atoms with Crippen LogP contribution in [-0.2, 0) is 0 Å². The van der Waals surface area contributed by atoms with Gasteiger partial charge in [0.15, 0.2) is 0 Å². The van der Waals surface area contributed by atoms with Gasteiger partial charge in [0.1, 0.15) is 0 Å². The summed E-state index contributed by atoms with van der Waals surface area (Å²) in [5.74, 6) is 0.389. The average Bonchev–Trinajstić information content (AvgIpc) is 3.02. The average molecular weight is 391 g/mol. The molecule has 5 heteroatoms. The van der Waals surface area contributed by atoms with Gasteiger partial charge in [0, 0.05) is 54.7 Å². The third kappa shape index (κ3) is 3.64. The van der Waals surface area contributed by atoms with E-state index in [1.165, 1.54) is 16.7 Å². The molecule has 0 amide bonds. The molecule has 0 aromatic heterocycles. The van der Waals surface area contributed by atoms with Crippen LogP contribution in [0.2, 0.25) is 10.0 Å². The van der Waals surface area contributed by atoms with Gasteiger partial charge in [0.05, 0.1) is 6.61 Å².